The molecule has 0 aliphatic rings. The van der Waals surface area contributed by atoms with Crippen molar-refractivity contribution in [2.75, 3.05) is 6.61 Å². The predicted octanol–water partition coefficient (Wildman–Crippen LogP) is 4.17. The zero-order valence-corrected chi connectivity index (χ0v) is 14.5. The molecular formula is C19H19BrO3. The molecule has 0 aliphatic heterocycles. The van der Waals surface area contributed by atoms with Crippen LogP contribution in [0.1, 0.15) is 24.0 Å². The fourth-order valence-corrected chi connectivity index (χ4v) is 2.84. The Kier molecular flexibility index (Phi) is 5.74. The smallest absolute Gasteiger partial charge is 0.343 e. The minimum Gasteiger partial charge on any atom is -0.464 e. The zero-order valence-electron chi connectivity index (χ0n) is 12.9. The Bertz CT molecular complexity index is 667. The Hall–Kier alpha value is -1.91. The number of aliphatic hydroxyl groups is 1. The average Bonchev–Trinajstić information content (AvgIpc) is 2.57. The Labute approximate surface area is 144 Å². The van der Waals surface area contributed by atoms with Gasteiger partial charge < -0.3 is 9.84 Å². The highest BCUT2D eigenvalue weighted by Crippen LogP contribution is 2.39. The Morgan fingerprint density at radius 1 is 1.26 bits per heavy atom. The van der Waals surface area contributed by atoms with E-state index in [9.17, 15) is 9.90 Å². The number of halogens is 1. The van der Waals surface area contributed by atoms with Gasteiger partial charge in [-0.1, -0.05) is 64.5 Å². The number of benzene rings is 2. The quantitative estimate of drug-likeness (QED) is 0.609. The van der Waals surface area contributed by atoms with E-state index in [1.54, 1.807) is 37.3 Å². The molecule has 0 radical (unpaired) electrons. The number of carbonyl (C=O) groups excluding carboxylic acids is 1. The maximum atomic E-state index is 12.6. The van der Waals surface area contributed by atoms with Gasteiger partial charge in [-0.2, -0.15) is 0 Å². The van der Waals surface area contributed by atoms with Crippen LogP contribution in [0.3, 0.4) is 0 Å². The van der Waals surface area contributed by atoms with Crippen molar-refractivity contribution in [3.8, 4) is 0 Å². The van der Waals surface area contributed by atoms with Crippen molar-refractivity contribution in [3.05, 3.63) is 82.9 Å². The van der Waals surface area contributed by atoms with Gasteiger partial charge in [0, 0.05) is 10.4 Å². The molecule has 0 bridgehead atoms. The minimum atomic E-state index is -1.83. The van der Waals surface area contributed by atoms with E-state index in [1.807, 2.05) is 30.3 Å². The highest BCUT2D eigenvalue weighted by atomic mass is 79.9. The zero-order chi connectivity index (χ0) is 16.9. The van der Waals surface area contributed by atoms with E-state index in [2.05, 4.69) is 22.5 Å². The maximum Gasteiger partial charge on any atom is 0.343 e. The maximum absolute atomic E-state index is 12.6. The first kappa shape index (κ1) is 17.4. The van der Waals surface area contributed by atoms with Crippen molar-refractivity contribution in [3.63, 3.8) is 0 Å². The van der Waals surface area contributed by atoms with Crippen LogP contribution < -0.4 is 0 Å². The highest BCUT2D eigenvalue weighted by molar-refractivity contribution is 9.10. The first-order chi connectivity index (χ1) is 11.0. The summed E-state index contributed by atoms with van der Waals surface area (Å²) in [6, 6.07) is 16.3. The first-order valence-electron chi connectivity index (χ1n) is 7.37. The minimum absolute atomic E-state index is 0.191. The molecule has 0 heterocycles. The molecule has 0 fully saturated rings. The van der Waals surface area contributed by atoms with Crippen LogP contribution in [0.15, 0.2) is 71.7 Å². The molecule has 2 aromatic rings. The van der Waals surface area contributed by atoms with Crippen LogP contribution in [0.25, 0.3) is 0 Å². The lowest BCUT2D eigenvalue weighted by Crippen LogP contribution is -2.42. The number of hydrogen-bond acceptors (Lipinski definition) is 3. The third-order valence-electron chi connectivity index (χ3n) is 3.72. The van der Waals surface area contributed by atoms with E-state index in [-0.39, 0.29) is 6.61 Å². The summed E-state index contributed by atoms with van der Waals surface area (Å²) in [6.07, 6.45) is 1.58. The normalized spacial score (nSPS) is 14.6. The molecule has 23 heavy (non-hydrogen) atoms. The van der Waals surface area contributed by atoms with E-state index in [1.165, 1.54) is 0 Å². The molecule has 2 atom stereocenters. The van der Waals surface area contributed by atoms with Gasteiger partial charge in [-0.15, -0.1) is 6.58 Å². The highest BCUT2D eigenvalue weighted by Gasteiger charge is 2.46. The molecule has 0 saturated heterocycles. The molecular weight excluding hydrogens is 356 g/mol. The third kappa shape index (κ3) is 3.54. The second-order valence-electron chi connectivity index (χ2n) is 5.12. The summed E-state index contributed by atoms with van der Waals surface area (Å²) in [6.45, 7) is 5.72. The van der Waals surface area contributed by atoms with Crippen molar-refractivity contribution < 1.29 is 14.6 Å². The third-order valence-corrected chi connectivity index (χ3v) is 4.24. The van der Waals surface area contributed by atoms with Crippen molar-refractivity contribution in [1.82, 2.24) is 0 Å². The standard InChI is InChI=1S/C19H19BrO3/c1-3-17(14-8-6-5-7-9-14)19(22,18(21)23-4-2)15-10-12-16(20)13-11-15/h3,5-13,17,22H,1,4H2,2H3/t17-,19+/m0/s1. The SMILES string of the molecule is C=C[C@@H](c1ccccc1)[C@@](O)(C(=O)OCC)c1ccc(Br)cc1. The fraction of sp³-hybridized carbons (Fsp3) is 0.211. The summed E-state index contributed by atoms with van der Waals surface area (Å²) < 4.78 is 6.01. The van der Waals surface area contributed by atoms with Gasteiger partial charge >= 0.3 is 5.97 Å². The summed E-state index contributed by atoms with van der Waals surface area (Å²) in [5.74, 6) is -1.31. The molecule has 0 saturated carbocycles. The van der Waals surface area contributed by atoms with Crippen LogP contribution in [-0.2, 0) is 15.1 Å². The first-order valence-corrected chi connectivity index (χ1v) is 8.16. The molecule has 0 aromatic heterocycles. The monoisotopic (exact) mass is 374 g/mol. The second-order valence-corrected chi connectivity index (χ2v) is 6.03. The van der Waals surface area contributed by atoms with Gasteiger partial charge in [0.1, 0.15) is 0 Å². The van der Waals surface area contributed by atoms with Crippen molar-refractivity contribution in [1.29, 1.82) is 0 Å². The number of esters is 1. The molecule has 120 valence electrons. The summed E-state index contributed by atoms with van der Waals surface area (Å²) in [4.78, 5) is 12.6. The Morgan fingerprint density at radius 2 is 1.87 bits per heavy atom. The van der Waals surface area contributed by atoms with Gasteiger partial charge in [0.15, 0.2) is 5.60 Å². The largest absolute Gasteiger partial charge is 0.464 e. The number of rotatable bonds is 6. The molecule has 0 unspecified atom stereocenters. The van der Waals surface area contributed by atoms with Gasteiger partial charge in [-0.05, 0) is 30.2 Å². The van der Waals surface area contributed by atoms with Crippen molar-refractivity contribution in [2.24, 2.45) is 0 Å². The van der Waals surface area contributed by atoms with Crippen LogP contribution in [0.5, 0.6) is 0 Å². The molecule has 0 aliphatic carbocycles. The number of ether oxygens (including phenoxy) is 1. The molecule has 0 spiro atoms. The fourth-order valence-electron chi connectivity index (χ4n) is 2.58. The molecule has 2 rings (SSSR count). The molecule has 3 nitrogen and oxygen atoms in total. The van der Waals surface area contributed by atoms with Gasteiger partial charge in [0.05, 0.1) is 6.61 Å². The van der Waals surface area contributed by atoms with Crippen LogP contribution in [0, 0.1) is 0 Å². The van der Waals surface area contributed by atoms with Crippen LogP contribution >= 0.6 is 15.9 Å². The summed E-state index contributed by atoms with van der Waals surface area (Å²) in [5.41, 5.74) is -0.575. The van der Waals surface area contributed by atoms with Gasteiger partial charge in [-0.3, -0.25) is 0 Å². The van der Waals surface area contributed by atoms with Crippen LogP contribution in [-0.4, -0.2) is 17.7 Å². The van der Waals surface area contributed by atoms with E-state index in [4.69, 9.17) is 4.74 Å². The van der Waals surface area contributed by atoms with E-state index in [0.717, 1.165) is 10.0 Å². The van der Waals surface area contributed by atoms with E-state index in [0.29, 0.717) is 5.56 Å². The van der Waals surface area contributed by atoms with Gasteiger partial charge in [0.2, 0.25) is 0 Å². The lowest BCUT2D eigenvalue weighted by atomic mass is 9.77. The van der Waals surface area contributed by atoms with Crippen molar-refractivity contribution in [2.45, 2.75) is 18.4 Å². The summed E-state index contributed by atoms with van der Waals surface area (Å²) in [5, 5.41) is 11.3. The molecule has 2 aromatic carbocycles. The van der Waals surface area contributed by atoms with Crippen LogP contribution in [0.2, 0.25) is 0 Å². The average molecular weight is 375 g/mol. The molecule has 1 N–H and O–H groups in total. The molecule has 4 heteroatoms. The lowest BCUT2D eigenvalue weighted by molar-refractivity contribution is -0.167. The Balaban J connectivity index is 2.58. The summed E-state index contributed by atoms with van der Waals surface area (Å²) in [7, 11) is 0. The van der Waals surface area contributed by atoms with Gasteiger partial charge in [0.25, 0.3) is 0 Å². The molecule has 0 amide bonds. The van der Waals surface area contributed by atoms with Crippen LogP contribution in [0.4, 0.5) is 0 Å². The van der Waals surface area contributed by atoms with Gasteiger partial charge in [-0.25, -0.2) is 4.79 Å². The Morgan fingerprint density at radius 3 is 2.39 bits per heavy atom. The topological polar surface area (TPSA) is 46.5 Å². The number of hydrogen-bond donors (Lipinski definition) is 1. The predicted molar refractivity (Wildman–Crippen MR) is 94.1 cm³/mol. The number of carbonyl (C=O) groups is 1. The van der Waals surface area contributed by atoms with E-state index < -0.39 is 17.5 Å². The van der Waals surface area contributed by atoms with Crippen molar-refractivity contribution >= 4 is 21.9 Å². The summed E-state index contributed by atoms with van der Waals surface area (Å²) >= 11 is 3.36. The lowest BCUT2D eigenvalue weighted by Gasteiger charge is -2.33. The second kappa shape index (κ2) is 7.57. The van der Waals surface area contributed by atoms with E-state index >= 15 is 0 Å².